The van der Waals surface area contributed by atoms with Gasteiger partial charge in [-0.3, -0.25) is 4.79 Å². The summed E-state index contributed by atoms with van der Waals surface area (Å²) >= 11 is 1.52. The minimum Gasteiger partial charge on any atom is -0.378 e. The molecule has 0 N–H and O–H groups in total. The van der Waals surface area contributed by atoms with E-state index in [1.807, 2.05) is 0 Å². The van der Waals surface area contributed by atoms with Crippen molar-refractivity contribution < 1.29 is 9.53 Å². The number of aromatic nitrogens is 1. The lowest BCUT2D eigenvalue weighted by Crippen LogP contribution is -2.42. The van der Waals surface area contributed by atoms with E-state index in [1.165, 1.54) is 43.4 Å². The van der Waals surface area contributed by atoms with E-state index in [0.717, 1.165) is 34.5 Å². The van der Waals surface area contributed by atoms with Crippen LogP contribution in [0.15, 0.2) is 0 Å². The van der Waals surface area contributed by atoms with Crippen LogP contribution in [-0.4, -0.2) is 31.0 Å². The van der Waals surface area contributed by atoms with Gasteiger partial charge in [0.15, 0.2) is 11.4 Å². The van der Waals surface area contributed by atoms with Gasteiger partial charge < -0.3 is 9.64 Å². The largest absolute Gasteiger partial charge is 0.378 e. The van der Waals surface area contributed by atoms with Crippen LogP contribution in [0.3, 0.4) is 0 Å². The molecule has 1 aromatic rings. The first kappa shape index (κ1) is 13.1. The Morgan fingerprint density at radius 3 is 3.05 bits per heavy atom. The monoisotopic (exact) mass is 280 g/mol. The van der Waals surface area contributed by atoms with Crippen LogP contribution in [0.25, 0.3) is 0 Å². The Kier molecular flexibility index (Phi) is 3.84. The van der Waals surface area contributed by atoms with Crippen molar-refractivity contribution in [3.63, 3.8) is 0 Å². The summed E-state index contributed by atoms with van der Waals surface area (Å²) in [5, 5.41) is 1.02. The fourth-order valence-electron chi connectivity index (χ4n) is 3.50. The quantitative estimate of drug-likeness (QED) is 0.795. The Hall–Kier alpha value is -0.940. The Balaban J connectivity index is 1.86. The van der Waals surface area contributed by atoms with Gasteiger partial charge in [-0.15, -0.1) is 0 Å². The molecule has 2 heterocycles. The van der Waals surface area contributed by atoms with E-state index in [4.69, 9.17) is 4.74 Å². The zero-order chi connectivity index (χ0) is 13.2. The van der Waals surface area contributed by atoms with Crippen LogP contribution in [0, 0.1) is 5.92 Å². The molecule has 0 radical (unpaired) electrons. The van der Waals surface area contributed by atoms with Crippen molar-refractivity contribution in [1.82, 2.24) is 4.98 Å². The molecule has 5 heteroatoms. The van der Waals surface area contributed by atoms with Gasteiger partial charge in [0.2, 0.25) is 0 Å². The van der Waals surface area contributed by atoms with Crippen LogP contribution in [0.5, 0.6) is 0 Å². The first-order valence-electron chi connectivity index (χ1n) is 7.04. The van der Waals surface area contributed by atoms with Crippen molar-refractivity contribution in [1.29, 1.82) is 0 Å². The summed E-state index contributed by atoms with van der Waals surface area (Å²) in [5.74, 6) is 0.836. The van der Waals surface area contributed by atoms with Crippen LogP contribution in [0.1, 0.15) is 47.5 Å². The first-order chi connectivity index (χ1) is 9.33. The van der Waals surface area contributed by atoms with Crippen LogP contribution in [0.4, 0.5) is 5.13 Å². The van der Waals surface area contributed by atoms with Crippen molar-refractivity contribution in [2.75, 3.05) is 18.6 Å². The third-order valence-electron chi connectivity index (χ3n) is 4.34. The number of anilines is 1. The normalized spacial score (nSPS) is 26.5. The van der Waals surface area contributed by atoms with Crippen molar-refractivity contribution in [3.8, 4) is 0 Å². The number of hydrogen-bond donors (Lipinski definition) is 0. The Morgan fingerprint density at radius 2 is 2.26 bits per heavy atom. The molecule has 2 aliphatic rings. The van der Waals surface area contributed by atoms with Crippen molar-refractivity contribution in [2.24, 2.45) is 5.92 Å². The maximum atomic E-state index is 11.1. The van der Waals surface area contributed by atoms with Crippen LogP contribution >= 0.6 is 11.3 Å². The summed E-state index contributed by atoms with van der Waals surface area (Å²) in [6.07, 6.45) is 7.49. The molecule has 104 valence electrons. The molecule has 19 heavy (non-hydrogen) atoms. The SMILES string of the molecule is COCc1nc(N2CCCC3CCCC32)sc1C=O. The first-order valence-corrected chi connectivity index (χ1v) is 7.85. The van der Waals surface area contributed by atoms with Gasteiger partial charge in [0.1, 0.15) is 0 Å². The predicted octanol–water partition coefficient (Wildman–Crippen LogP) is 2.87. The molecule has 0 aromatic carbocycles. The van der Waals surface area contributed by atoms with Gasteiger partial charge in [-0.1, -0.05) is 17.8 Å². The Bertz CT molecular complexity index is 460. The smallest absolute Gasteiger partial charge is 0.186 e. The average molecular weight is 280 g/mol. The fourth-order valence-corrected chi connectivity index (χ4v) is 4.46. The zero-order valence-corrected chi connectivity index (χ0v) is 12.1. The highest BCUT2D eigenvalue weighted by atomic mass is 32.1. The number of ether oxygens (including phenoxy) is 1. The molecule has 4 nitrogen and oxygen atoms in total. The third kappa shape index (κ3) is 2.41. The standard InChI is InChI=1S/C14H20N2O2S/c1-18-9-11-13(8-17)19-14(15-11)16-7-3-5-10-4-2-6-12(10)16/h8,10,12H,2-7,9H2,1H3. The molecule has 2 atom stereocenters. The van der Waals surface area contributed by atoms with Crippen LogP contribution < -0.4 is 4.90 Å². The number of aldehydes is 1. The van der Waals surface area contributed by atoms with Gasteiger partial charge in [-0.25, -0.2) is 4.98 Å². The predicted molar refractivity (Wildman–Crippen MR) is 75.9 cm³/mol. The molecule has 0 amide bonds. The molecule has 1 saturated carbocycles. The highest BCUT2D eigenvalue weighted by molar-refractivity contribution is 7.17. The summed E-state index contributed by atoms with van der Waals surface area (Å²) in [7, 11) is 1.64. The highest BCUT2D eigenvalue weighted by Crippen LogP contribution is 2.40. The van der Waals surface area contributed by atoms with E-state index in [-0.39, 0.29) is 0 Å². The highest BCUT2D eigenvalue weighted by Gasteiger charge is 2.36. The zero-order valence-electron chi connectivity index (χ0n) is 11.3. The second-order valence-electron chi connectivity index (χ2n) is 5.45. The van der Waals surface area contributed by atoms with Crippen LogP contribution in [-0.2, 0) is 11.3 Å². The maximum absolute atomic E-state index is 11.1. The number of thiazole rings is 1. The number of hydrogen-bond acceptors (Lipinski definition) is 5. The molecule has 0 spiro atoms. The number of piperidine rings is 1. The molecule has 1 saturated heterocycles. The number of rotatable bonds is 4. The second kappa shape index (κ2) is 5.59. The second-order valence-corrected chi connectivity index (χ2v) is 6.46. The van der Waals surface area contributed by atoms with Crippen molar-refractivity contribution in [2.45, 2.75) is 44.8 Å². The molecule has 3 rings (SSSR count). The summed E-state index contributed by atoms with van der Waals surface area (Å²) < 4.78 is 5.12. The third-order valence-corrected chi connectivity index (χ3v) is 5.40. The molecule has 1 aliphatic heterocycles. The Morgan fingerprint density at radius 1 is 1.42 bits per heavy atom. The summed E-state index contributed by atoms with van der Waals surface area (Å²) in [4.78, 5) is 18.9. The molecule has 1 aromatic heterocycles. The van der Waals surface area contributed by atoms with Gasteiger partial charge in [0, 0.05) is 19.7 Å². The topological polar surface area (TPSA) is 42.4 Å². The molecule has 0 bridgehead atoms. The van der Waals surface area contributed by atoms with E-state index in [2.05, 4.69) is 9.88 Å². The molecular formula is C14H20N2O2S. The van der Waals surface area contributed by atoms with E-state index in [9.17, 15) is 4.79 Å². The van der Waals surface area contributed by atoms with Gasteiger partial charge in [0.05, 0.1) is 17.2 Å². The lowest BCUT2D eigenvalue weighted by Gasteiger charge is -2.37. The van der Waals surface area contributed by atoms with E-state index < -0.39 is 0 Å². The molecule has 2 fully saturated rings. The molecular weight excluding hydrogens is 260 g/mol. The number of carbonyl (C=O) groups excluding carboxylic acids is 1. The summed E-state index contributed by atoms with van der Waals surface area (Å²) in [5.41, 5.74) is 0.789. The number of methoxy groups -OCH3 is 1. The molecule has 2 unspecified atom stereocenters. The summed E-state index contributed by atoms with van der Waals surface area (Å²) in [6, 6.07) is 0.648. The van der Waals surface area contributed by atoms with E-state index >= 15 is 0 Å². The number of carbonyl (C=O) groups is 1. The lowest BCUT2D eigenvalue weighted by molar-refractivity contribution is 0.112. The lowest BCUT2D eigenvalue weighted by atomic mass is 9.92. The van der Waals surface area contributed by atoms with Crippen molar-refractivity contribution >= 4 is 22.8 Å². The van der Waals surface area contributed by atoms with Gasteiger partial charge in [-0.05, 0) is 31.6 Å². The minimum absolute atomic E-state index is 0.423. The van der Waals surface area contributed by atoms with Gasteiger partial charge in [0.25, 0.3) is 0 Å². The fraction of sp³-hybridized carbons (Fsp3) is 0.714. The van der Waals surface area contributed by atoms with E-state index in [0.29, 0.717) is 12.6 Å². The van der Waals surface area contributed by atoms with Gasteiger partial charge >= 0.3 is 0 Å². The minimum atomic E-state index is 0.423. The average Bonchev–Trinajstić information content (AvgIpc) is 3.04. The summed E-state index contributed by atoms with van der Waals surface area (Å²) in [6.45, 7) is 1.51. The van der Waals surface area contributed by atoms with Crippen LogP contribution in [0.2, 0.25) is 0 Å². The number of nitrogens with zero attached hydrogens (tertiary/aromatic N) is 2. The van der Waals surface area contributed by atoms with Crippen molar-refractivity contribution in [3.05, 3.63) is 10.6 Å². The van der Waals surface area contributed by atoms with E-state index in [1.54, 1.807) is 7.11 Å². The van der Waals surface area contributed by atoms with Gasteiger partial charge in [-0.2, -0.15) is 0 Å². The number of fused-ring (bicyclic) bond motifs is 1. The maximum Gasteiger partial charge on any atom is 0.186 e. The molecule has 1 aliphatic carbocycles. The Labute approximate surface area is 117 Å².